The molecule has 6 nitrogen and oxygen atoms in total. The number of nitrogens with zero attached hydrogens (tertiary/aromatic N) is 1. The normalized spacial score (nSPS) is 12.0. The summed E-state index contributed by atoms with van der Waals surface area (Å²) in [4.78, 5) is 27.9. The maximum atomic E-state index is 12.5. The molecular formula is C18H16N2O4S. The molecule has 0 fully saturated rings. The Morgan fingerprint density at radius 2 is 2.04 bits per heavy atom. The molecule has 0 spiro atoms. The van der Waals surface area contributed by atoms with Gasteiger partial charge in [0.05, 0.1) is 10.8 Å². The summed E-state index contributed by atoms with van der Waals surface area (Å²) >= 11 is 1.25. The zero-order chi connectivity index (χ0) is 17.8. The number of carbonyl (C=O) groups is 2. The van der Waals surface area contributed by atoms with Crippen LogP contribution in [0.25, 0.3) is 11.1 Å². The summed E-state index contributed by atoms with van der Waals surface area (Å²) in [5, 5.41) is 11.8. The number of oxazole rings is 1. The molecule has 2 N–H and O–H groups in total. The molecule has 3 aromatic rings. The predicted octanol–water partition coefficient (Wildman–Crippen LogP) is 4.04. The standard InChI is InChI=1S/C18H16N2O4S/c1-2-15(25-18-20-13-8-3-4-9-14(13)24-18)16(21)19-12-7-5-6-11(10-12)17(22)23/h3-10,15H,2H2,1H3,(H,19,21)(H,22,23). The summed E-state index contributed by atoms with van der Waals surface area (Å²) in [5.74, 6) is -1.26. The van der Waals surface area contributed by atoms with Gasteiger partial charge in [0.25, 0.3) is 5.22 Å². The highest BCUT2D eigenvalue weighted by Crippen LogP contribution is 2.29. The first kappa shape index (κ1) is 17.0. The molecule has 0 aliphatic heterocycles. The minimum Gasteiger partial charge on any atom is -0.478 e. The van der Waals surface area contributed by atoms with E-state index in [0.717, 1.165) is 5.52 Å². The van der Waals surface area contributed by atoms with Gasteiger partial charge in [-0.3, -0.25) is 4.79 Å². The second kappa shape index (κ2) is 7.40. The van der Waals surface area contributed by atoms with Gasteiger partial charge in [-0.2, -0.15) is 0 Å². The first-order chi connectivity index (χ1) is 12.1. The lowest BCUT2D eigenvalue weighted by Crippen LogP contribution is -2.24. The monoisotopic (exact) mass is 356 g/mol. The van der Waals surface area contributed by atoms with Crippen molar-refractivity contribution in [1.82, 2.24) is 4.98 Å². The van der Waals surface area contributed by atoms with Crippen molar-refractivity contribution in [2.24, 2.45) is 0 Å². The van der Waals surface area contributed by atoms with E-state index in [1.807, 2.05) is 31.2 Å². The number of carboxylic acid groups (broad SMARTS) is 1. The highest BCUT2D eigenvalue weighted by Gasteiger charge is 2.21. The van der Waals surface area contributed by atoms with Gasteiger partial charge in [-0.1, -0.05) is 36.9 Å². The number of hydrogen-bond acceptors (Lipinski definition) is 5. The summed E-state index contributed by atoms with van der Waals surface area (Å²) in [6, 6.07) is 13.6. The van der Waals surface area contributed by atoms with E-state index in [1.54, 1.807) is 12.1 Å². The molecule has 2 aromatic carbocycles. The number of benzene rings is 2. The molecule has 0 bridgehead atoms. The van der Waals surface area contributed by atoms with E-state index in [4.69, 9.17) is 9.52 Å². The Bertz CT molecular complexity index is 889. The molecule has 7 heteroatoms. The zero-order valence-electron chi connectivity index (χ0n) is 13.4. The summed E-state index contributed by atoms with van der Waals surface area (Å²) < 4.78 is 5.65. The summed E-state index contributed by atoms with van der Waals surface area (Å²) in [6.07, 6.45) is 0.577. The molecule has 0 aliphatic carbocycles. The van der Waals surface area contributed by atoms with Gasteiger partial charge in [0.2, 0.25) is 5.91 Å². The van der Waals surface area contributed by atoms with E-state index in [9.17, 15) is 9.59 Å². The van der Waals surface area contributed by atoms with Crippen molar-refractivity contribution in [2.75, 3.05) is 5.32 Å². The number of fused-ring (bicyclic) bond motifs is 1. The van der Waals surface area contributed by atoms with Crippen LogP contribution >= 0.6 is 11.8 Å². The Hall–Kier alpha value is -2.80. The van der Waals surface area contributed by atoms with E-state index in [-0.39, 0.29) is 11.5 Å². The van der Waals surface area contributed by atoms with Gasteiger partial charge in [-0.25, -0.2) is 9.78 Å². The quantitative estimate of drug-likeness (QED) is 0.648. The van der Waals surface area contributed by atoms with Crippen molar-refractivity contribution in [3.8, 4) is 0 Å². The maximum absolute atomic E-state index is 12.5. The van der Waals surface area contributed by atoms with Crippen molar-refractivity contribution >= 4 is 40.4 Å². The second-order valence-electron chi connectivity index (χ2n) is 5.34. The number of thioether (sulfide) groups is 1. The van der Waals surface area contributed by atoms with Gasteiger partial charge >= 0.3 is 5.97 Å². The molecule has 1 unspecified atom stereocenters. The zero-order valence-corrected chi connectivity index (χ0v) is 14.2. The van der Waals surface area contributed by atoms with E-state index >= 15 is 0 Å². The van der Waals surface area contributed by atoms with Gasteiger partial charge < -0.3 is 14.8 Å². The molecule has 0 saturated carbocycles. The largest absolute Gasteiger partial charge is 0.478 e. The molecule has 0 aliphatic rings. The number of aromatic carboxylic acids is 1. The number of carboxylic acids is 1. The molecule has 128 valence electrons. The molecular weight excluding hydrogens is 340 g/mol. The molecule has 3 rings (SSSR count). The van der Waals surface area contributed by atoms with Crippen LogP contribution in [0.1, 0.15) is 23.7 Å². The average Bonchev–Trinajstić information content (AvgIpc) is 3.02. The number of aromatic nitrogens is 1. The Labute approximate surface area is 148 Å². The Morgan fingerprint density at radius 1 is 1.24 bits per heavy atom. The fourth-order valence-electron chi connectivity index (χ4n) is 2.30. The SMILES string of the molecule is CCC(Sc1nc2ccccc2o1)C(=O)Nc1cccc(C(=O)O)c1. The van der Waals surface area contributed by atoms with Crippen molar-refractivity contribution in [3.63, 3.8) is 0 Å². The summed E-state index contributed by atoms with van der Waals surface area (Å²) in [5.41, 5.74) is 1.99. The number of anilines is 1. The highest BCUT2D eigenvalue weighted by atomic mass is 32.2. The minimum atomic E-state index is -1.04. The fraction of sp³-hybridized carbons (Fsp3) is 0.167. The van der Waals surface area contributed by atoms with Crippen molar-refractivity contribution in [1.29, 1.82) is 0 Å². The predicted molar refractivity (Wildman–Crippen MR) is 96.0 cm³/mol. The van der Waals surface area contributed by atoms with Crippen LogP contribution in [0.2, 0.25) is 0 Å². The van der Waals surface area contributed by atoms with E-state index in [2.05, 4.69) is 10.3 Å². The molecule has 1 aromatic heterocycles. The lowest BCUT2D eigenvalue weighted by molar-refractivity contribution is -0.115. The molecule has 0 saturated heterocycles. The number of para-hydroxylation sites is 2. The van der Waals surface area contributed by atoms with E-state index in [1.165, 1.54) is 23.9 Å². The third-order valence-corrected chi connectivity index (χ3v) is 4.77. The number of amides is 1. The number of nitrogens with one attached hydrogen (secondary N) is 1. The first-order valence-electron chi connectivity index (χ1n) is 7.73. The van der Waals surface area contributed by atoms with E-state index < -0.39 is 11.2 Å². The van der Waals surface area contributed by atoms with Gasteiger partial charge in [0.1, 0.15) is 5.52 Å². The van der Waals surface area contributed by atoms with Gasteiger partial charge in [0, 0.05) is 5.69 Å². The van der Waals surface area contributed by atoms with Crippen molar-refractivity contribution < 1.29 is 19.1 Å². The Kier molecular flexibility index (Phi) is 5.04. The van der Waals surface area contributed by atoms with Crippen molar-refractivity contribution in [3.05, 3.63) is 54.1 Å². The molecule has 25 heavy (non-hydrogen) atoms. The smallest absolute Gasteiger partial charge is 0.335 e. The highest BCUT2D eigenvalue weighted by molar-refractivity contribution is 8.00. The van der Waals surface area contributed by atoms with Crippen LogP contribution in [0.4, 0.5) is 5.69 Å². The third kappa shape index (κ3) is 4.00. The van der Waals surface area contributed by atoms with Crippen LogP contribution in [0.5, 0.6) is 0 Å². The number of hydrogen-bond donors (Lipinski definition) is 2. The molecule has 1 atom stereocenters. The van der Waals surface area contributed by atoms with Crippen LogP contribution in [-0.4, -0.2) is 27.2 Å². The van der Waals surface area contributed by atoms with Gasteiger partial charge in [-0.05, 0) is 36.8 Å². The average molecular weight is 356 g/mol. The van der Waals surface area contributed by atoms with Crippen molar-refractivity contribution in [2.45, 2.75) is 23.8 Å². The number of rotatable bonds is 6. The maximum Gasteiger partial charge on any atom is 0.335 e. The van der Waals surface area contributed by atoms with Crippen LogP contribution in [-0.2, 0) is 4.79 Å². The summed E-state index contributed by atoms with van der Waals surface area (Å²) in [7, 11) is 0. The Morgan fingerprint density at radius 3 is 2.76 bits per heavy atom. The first-order valence-corrected chi connectivity index (χ1v) is 8.61. The van der Waals surface area contributed by atoms with E-state index in [0.29, 0.717) is 22.9 Å². The minimum absolute atomic E-state index is 0.123. The molecule has 1 heterocycles. The fourth-order valence-corrected chi connectivity index (χ4v) is 3.16. The summed E-state index contributed by atoms with van der Waals surface area (Å²) in [6.45, 7) is 1.90. The molecule has 0 radical (unpaired) electrons. The van der Waals surface area contributed by atoms with Crippen LogP contribution in [0.15, 0.2) is 58.2 Å². The van der Waals surface area contributed by atoms with Crippen LogP contribution in [0.3, 0.4) is 0 Å². The third-order valence-electron chi connectivity index (χ3n) is 3.56. The van der Waals surface area contributed by atoms with Crippen LogP contribution < -0.4 is 5.32 Å². The molecule has 1 amide bonds. The lowest BCUT2D eigenvalue weighted by atomic mass is 10.2. The topological polar surface area (TPSA) is 92.4 Å². The number of carbonyl (C=O) groups excluding carboxylic acids is 1. The van der Waals surface area contributed by atoms with Gasteiger partial charge in [0.15, 0.2) is 5.58 Å². The second-order valence-corrected chi connectivity index (χ2v) is 6.49. The van der Waals surface area contributed by atoms with Crippen LogP contribution in [0, 0.1) is 0 Å². The van der Waals surface area contributed by atoms with Gasteiger partial charge in [-0.15, -0.1) is 0 Å². The Balaban J connectivity index is 1.72. The lowest BCUT2D eigenvalue weighted by Gasteiger charge is -2.13.